The summed E-state index contributed by atoms with van der Waals surface area (Å²) in [5.74, 6) is -32.9. The van der Waals surface area contributed by atoms with Crippen molar-refractivity contribution in [1.29, 1.82) is 0 Å². The van der Waals surface area contributed by atoms with Gasteiger partial charge < -0.3 is 0 Å². The lowest BCUT2D eigenvalue weighted by molar-refractivity contribution is 0.0590. The number of hydrogen-bond donors (Lipinski definition) is 0. The van der Waals surface area contributed by atoms with Crippen molar-refractivity contribution in [3.8, 4) is 0 Å². The molecule has 126 heavy (non-hydrogen) atoms. The summed E-state index contributed by atoms with van der Waals surface area (Å²) in [5, 5.41) is -3.14. The highest BCUT2D eigenvalue weighted by Gasteiger charge is 2.49. The molecule has 0 unspecified atom stereocenters. The normalized spacial score (nSPS) is 14.4. The zero-order chi connectivity index (χ0) is 90.1. The van der Waals surface area contributed by atoms with Gasteiger partial charge >= 0.3 is 0 Å². The Kier molecular flexibility index (Phi) is 23.6. The van der Waals surface area contributed by atoms with Crippen molar-refractivity contribution in [3.05, 3.63) is 344 Å². The first kappa shape index (κ1) is 87.4. The third-order valence-corrected chi connectivity index (χ3v) is 25.2. The first-order valence-corrected chi connectivity index (χ1v) is 40.8. The first-order chi connectivity index (χ1) is 60.1. The largest absolute Gasteiger partial charge is 0.274 e. The van der Waals surface area contributed by atoms with Crippen LogP contribution >= 0.6 is 92.8 Å². The summed E-state index contributed by atoms with van der Waals surface area (Å²) >= 11 is 52.0. The number of imide groups is 6. The summed E-state index contributed by atoms with van der Waals surface area (Å²) in [6, 6.07) is 43.7. The van der Waals surface area contributed by atoms with E-state index in [2.05, 4.69) is 0 Å². The van der Waals surface area contributed by atoms with E-state index >= 15 is 0 Å². The van der Waals surface area contributed by atoms with E-state index < -0.39 is 219 Å². The van der Waals surface area contributed by atoms with Crippen LogP contribution < -0.4 is 0 Å². The van der Waals surface area contributed by atoms with Gasteiger partial charge in [0.2, 0.25) is 11.6 Å². The van der Waals surface area contributed by atoms with E-state index in [-0.39, 0.29) is 122 Å². The fourth-order valence-corrected chi connectivity index (χ4v) is 18.5. The highest BCUT2D eigenvalue weighted by Crippen LogP contribution is 2.52. The Balaban J connectivity index is 0.000000141. The summed E-state index contributed by atoms with van der Waals surface area (Å²) in [5.41, 5.74) is -0.649. The monoisotopic (exact) mass is 1870 g/mol. The van der Waals surface area contributed by atoms with E-state index in [1.807, 2.05) is 121 Å². The van der Waals surface area contributed by atoms with Crippen LogP contribution in [0.25, 0.3) is 32.3 Å². The molecule has 6 aliphatic rings. The predicted octanol–water partition coefficient (Wildman–Crippen LogP) is 20.2. The minimum Gasteiger partial charge on any atom is -0.274 e. The van der Waals surface area contributed by atoms with Crippen molar-refractivity contribution < 1.29 is 101 Å². The molecule has 12 aromatic rings. The van der Waals surface area contributed by atoms with E-state index in [0.717, 1.165) is 41.9 Å². The molecule has 0 N–H and O–H groups in total. The number of carbonyl (C=O) groups excluding carboxylic acids is 12. The maximum Gasteiger partial charge on any atom is 0.262 e. The Morgan fingerprint density at radius 1 is 0.198 bits per heavy atom. The van der Waals surface area contributed by atoms with Crippen LogP contribution in [0.3, 0.4) is 0 Å². The maximum atomic E-state index is 14.4. The molecule has 0 fully saturated rings. The van der Waals surface area contributed by atoms with Gasteiger partial charge in [0.15, 0.2) is 46.5 Å². The number of amides is 12. The lowest BCUT2D eigenvalue weighted by atomic mass is 9.85. The smallest absolute Gasteiger partial charge is 0.262 e. The van der Waals surface area contributed by atoms with Crippen LogP contribution in [0.2, 0.25) is 40.2 Å². The fraction of sp³-hybridized carbons (Fsp3) is 0.133. The third-order valence-electron chi connectivity index (χ3n) is 22.3. The molecule has 12 aromatic carbocycles. The van der Waals surface area contributed by atoms with Crippen molar-refractivity contribution in [2.75, 3.05) is 39.3 Å². The van der Waals surface area contributed by atoms with Crippen molar-refractivity contribution in [1.82, 2.24) is 29.4 Å². The lowest BCUT2D eigenvalue weighted by Gasteiger charge is -2.34. The van der Waals surface area contributed by atoms with Gasteiger partial charge in [-0.2, -0.15) is 0 Å². The van der Waals surface area contributed by atoms with Gasteiger partial charge in [0, 0.05) is 82.7 Å². The summed E-state index contributed by atoms with van der Waals surface area (Å²) in [6.07, 6.45) is -0.387. The van der Waals surface area contributed by atoms with Crippen LogP contribution in [-0.4, -0.2) is 140 Å². The second-order valence-electron chi connectivity index (χ2n) is 29.2. The molecule has 12 amide bonds. The molecule has 0 radical (unpaired) electrons. The number of rotatable bonds is 18. The van der Waals surface area contributed by atoms with Crippen LogP contribution in [0.15, 0.2) is 146 Å². The highest BCUT2D eigenvalue weighted by atomic mass is 35.5. The molecular weight excluding hydrogens is 1830 g/mol. The van der Waals surface area contributed by atoms with Gasteiger partial charge in [0.05, 0.1) is 107 Å². The summed E-state index contributed by atoms with van der Waals surface area (Å²) < 4.78 is 140. The fourth-order valence-electron chi connectivity index (χ4n) is 16.2. The number of halogens is 18. The summed E-state index contributed by atoms with van der Waals surface area (Å²) in [6.45, 7) is -1.50. The standard InChI is InChI=1S/C30H8Cl4F10N2O4.2C30H20Cl2N2O4/c31-13-9-7-8-11(15(13)33)29(49)46(4-2-6-19(37)23(41)26(44)24(42)20(6)38)30(50)12(8)16(34)14(32)10(7)28(48)45(27(9)47)3-1-5-17(35)21(39)25(43)22(40)18(5)36;31-21-16-20-24-23-19(27(35)33(29(37)25(21)23)13-11-17-7-3-1-4-8-17)15-22(32)26(24)30(38)34(28(20)36)14-12-18-9-5-2-6-10-18;31-21-15-19-23-20(28(36)33(27(19)35)13-11-17-7-3-1-4-8-17)16-22(32)25-26(23)24(21)29(37)34(30(25)38)14-12-18-9-5-2-6-10-18/h1-4H2;2*1-10,15-16H,11-14H2. The molecule has 36 heteroatoms. The molecule has 0 saturated carbocycles. The Morgan fingerprint density at radius 3 is 0.611 bits per heavy atom. The molecule has 6 aliphatic heterocycles. The van der Waals surface area contributed by atoms with Gasteiger partial charge in [-0.15, -0.1) is 0 Å². The molecule has 0 saturated heterocycles. The number of carbonyl (C=O) groups is 12. The molecule has 18 rings (SSSR count). The van der Waals surface area contributed by atoms with E-state index in [4.69, 9.17) is 92.8 Å². The van der Waals surface area contributed by atoms with E-state index in [9.17, 15) is 101 Å². The molecule has 636 valence electrons. The van der Waals surface area contributed by atoms with Gasteiger partial charge in [-0.25, -0.2) is 43.9 Å². The highest BCUT2D eigenvalue weighted by molar-refractivity contribution is 6.55. The van der Waals surface area contributed by atoms with Crippen molar-refractivity contribution in [2.24, 2.45) is 0 Å². The van der Waals surface area contributed by atoms with Crippen LogP contribution in [-0.2, 0) is 38.5 Å². The topological polar surface area (TPSA) is 224 Å². The van der Waals surface area contributed by atoms with Crippen LogP contribution in [0.5, 0.6) is 0 Å². The Morgan fingerprint density at radius 2 is 0.373 bits per heavy atom. The van der Waals surface area contributed by atoms with Crippen LogP contribution in [0, 0.1) is 58.2 Å². The van der Waals surface area contributed by atoms with Gasteiger partial charge in [0.1, 0.15) is 0 Å². The summed E-state index contributed by atoms with van der Waals surface area (Å²) in [4.78, 5) is 168. The Hall–Kier alpha value is -12.1. The quantitative estimate of drug-likeness (QED) is 0.0338. The van der Waals surface area contributed by atoms with E-state index in [0.29, 0.717) is 25.7 Å². The molecule has 0 aromatic heterocycles. The second-order valence-corrected chi connectivity index (χ2v) is 32.4. The molecular formula is C90H48Cl8F10N6O12. The SMILES string of the molecule is O=C1c2c(Cl)c(Cl)c3c4c(c(Cl)c(Cl)c(c24)C(=O)N1CCc1c(F)c(F)c(F)c(F)c1F)C(=O)N(CCc1c(F)c(F)c(F)c(F)c1F)C3=O.O=C1c2cc(Cl)c3c4c(c(Cl)cc(c24)C(=O)N1CCc1ccccc1)C(=O)N(CCc1ccccc1)C3=O.O=C1c2cc(Cl)c3c4c(cc(Cl)c(c24)C(=O)N1CCc1ccccc1)C(=O)N(CCc1ccccc1)C3=O. The van der Waals surface area contributed by atoms with Gasteiger partial charge in [0.25, 0.3) is 70.9 Å². The lowest BCUT2D eigenvalue weighted by Crippen LogP contribution is -2.45. The molecule has 0 atom stereocenters. The average Bonchev–Trinajstić information content (AvgIpc) is 0.692. The zero-order valence-electron chi connectivity index (χ0n) is 63.7. The van der Waals surface area contributed by atoms with E-state index in [1.165, 1.54) is 24.3 Å². The van der Waals surface area contributed by atoms with Crippen molar-refractivity contribution in [3.63, 3.8) is 0 Å². The maximum absolute atomic E-state index is 14.4. The summed E-state index contributed by atoms with van der Waals surface area (Å²) in [7, 11) is 0. The van der Waals surface area contributed by atoms with Crippen LogP contribution in [0.1, 0.15) is 158 Å². The molecule has 0 bridgehead atoms. The second kappa shape index (κ2) is 34.0. The molecule has 0 spiro atoms. The third kappa shape index (κ3) is 14.3. The minimum absolute atomic E-state index is 0.0369. The number of hydrogen-bond acceptors (Lipinski definition) is 12. The zero-order valence-corrected chi connectivity index (χ0v) is 69.8. The number of benzene rings is 12. The average molecular weight is 1880 g/mol. The molecule has 18 nitrogen and oxygen atoms in total. The van der Waals surface area contributed by atoms with Gasteiger partial charge in [-0.05, 0) is 85.0 Å². The van der Waals surface area contributed by atoms with Crippen LogP contribution in [0.4, 0.5) is 43.9 Å². The van der Waals surface area contributed by atoms with E-state index in [1.54, 1.807) is 0 Å². The first-order valence-electron chi connectivity index (χ1n) is 37.8. The number of nitrogens with zero attached hydrogens (tertiary/aromatic N) is 6. The van der Waals surface area contributed by atoms with Gasteiger partial charge in [-0.3, -0.25) is 86.9 Å². The predicted molar refractivity (Wildman–Crippen MR) is 445 cm³/mol. The molecule has 6 heterocycles. The van der Waals surface area contributed by atoms with Crippen molar-refractivity contribution >= 4 is 196 Å². The van der Waals surface area contributed by atoms with Crippen molar-refractivity contribution in [2.45, 2.75) is 38.5 Å². The van der Waals surface area contributed by atoms with Gasteiger partial charge in [-0.1, -0.05) is 214 Å². The minimum atomic E-state index is -2.45. The Bertz CT molecular complexity index is 6480. The Labute approximate surface area is 743 Å². The molecule has 0 aliphatic carbocycles.